The van der Waals surface area contributed by atoms with Gasteiger partial charge < -0.3 is 21.1 Å². The molecule has 2 amide bonds. The van der Waals surface area contributed by atoms with Crippen molar-refractivity contribution in [1.29, 1.82) is 0 Å². The van der Waals surface area contributed by atoms with Gasteiger partial charge in [-0.1, -0.05) is 0 Å². The van der Waals surface area contributed by atoms with E-state index in [0.29, 0.717) is 11.3 Å². The van der Waals surface area contributed by atoms with Crippen molar-refractivity contribution in [2.24, 2.45) is 0 Å². The fraction of sp³-hybridized carbons (Fsp3) is 0.118. The number of ether oxygens (including phenoxy) is 1. The van der Waals surface area contributed by atoms with Crippen molar-refractivity contribution in [3.63, 3.8) is 0 Å². The first-order valence-electron chi connectivity index (χ1n) is 7.65. The van der Waals surface area contributed by atoms with Gasteiger partial charge in [-0.25, -0.2) is 4.79 Å². The van der Waals surface area contributed by atoms with Crippen molar-refractivity contribution in [2.45, 2.75) is 0 Å². The Balaban J connectivity index is 1.95. The summed E-state index contributed by atoms with van der Waals surface area (Å²) >= 11 is 0. The Bertz CT molecular complexity index is 895. The average molecular weight is 372 g/mol. The zero-order valence-electron chi connectivity index (χ0n) is 14.2. The third-order valence-corrected chi connectivity index (χ3v) is 3.46. The lowest BCUT2D eigenvalue weighted by atomic mass is 10.1. The van der Waals surface area contributed by atoms with Crippen LogP contribution in [0.3, 0.4) is 0 Å². The molecule has 0 radical (unpaired) electrons. The molecule has 0 atom stereocenters. The molecule has 0 aliphatic rings. The number of rotatable bonds is 6. The van der Waals surface area contributed by atoms with Gasteiger partial charge in [0, 0.05) is 36.1 Å². The Kier molecular flexibility index (Phi) is 6.05. The first-order chi connectivity index (χ1) is 12.8. The van der Waals surface area contributed by atoms with E-state index >= 15 is 0 Å². The number of nitrogens with two attached hydrogens (primary N) is 1. The zero-order valence-corrected chi connectivity index (χ0v) is 14.2. The number of nitrogens with one attached hydrogen (secondary N) is 2. The summed E-state index contributed by atoms with van der Waals surface area (Å²) < 4.78 is 4.84. The summed E-state index contributed by atoms with van der Waals surface area (Å²) in [7, 11) is 1.50. The quantitative estimate of drug-likeness (QED) is 0.299. The van der Waals surface area contributed by atoms with Gasteiger partial charge >= 0.3 is 5.97 Å². The van der Waals surface area contributed by atoms with Gasteiger partial charge in [-0.3, -0.25) is 19.7 Å². The highest BCUT2D eigenvalue weighted by atomic mass is 16.6. The Morgan fingerprint density at radius 1 is 1.15 bits per heavy atom. The maximum absolute atomic E-state index is 12.0. The van der Waals surface area contributed by atoms with Crippen LogP contribution in [0.4, 0.5) is 17.1 Å². The molecule has 0 fully saturated rings. The first-order valence-corrected chi connectivity index (χ1v) is 7.65. The number of nitro groups is 1. The van der Waals surface area contributed by atoms with E-state index in [9.17, 15) is 24.5 Å². The number of anilines is 2. The molecule has 0 saturated carbocycles. The van der Waals surface area contributed by atoms with Gasteiger partial charge in [0.25, 0.3) is 17.5 Å². The number of esters is 1. The van der Waals surface area contributed by atoms with Crippen LogP contribution in [0.2, 0.25) is 0 Å². The molecule has 2 rings (SSSR count). The van der Waals surface area contributed by atoms with Crippen molar-refractivity contribution >= 4 is 34.8 Å². The highest BCUT2D eigenvalue weighted by Gasteiger charge is 2.17. The van der Waals surface area contributed by atoms with Crippen LogP contribution in [0.25, 0.3) is 0 Å². The molecule has 2 aromatic carbocycles. The molecular formula is C17H16N4O6. The minimum Gasteiger partial charge on any atom is -0.452 e. The SMILES string of the molecule is CNC(=O)c1ccc(NC(=O)COC(=O)c2cc([N+](=O)[O-])ccc2N)cc1. The maximum atomic E-state index is 12.0. The van der Waals surface area contributed by atoms with Crippen molar-refractivity contribution in [1.82, 2.24) is 5.32 Å². The minimum absolute atomic E-state index is 0.00389. The van der Waals surface area contributed by atoms with E-state index < -0.39 is 23.4 Å². The van der Waals surface area contributed by atoms with Gasteiger partial charge in [0.05, 0.1) is 10.5 Å². The van der Waals surface area contributed by atoms with Crippen LogP contribution >= 0.6 is 0 Å². The summed E-state index contributed by atoms with van der Waals surface area (Å²) in [6.07, 6.45) is 0. The van der Waals surface area contributed by atoms with Crippen molar-refractivity contribution in [3.05, 3.63) is 63.7 Å². The van der Waals surface area contributed by atoms with Crippen LogP contribution in [0.15, 0.2) is 42.5 Å². The number of carbonyl (C=O) groups excluding carboxylic acids is 3. The van der Waals surface area contributed by atoms with E-state index in [2.05, 4.69) is 10.6 Å². The third-order valence-electron chi connectivity index (χ3n) is 3.46. The summed E-state index contributed by atoms with van der Waals surface area (Å²) in [6, 6.07) is 9.41. The molecule has 0 aliphatic heterocycles. The second-order valence-corrected chi connectivity index (χ2v) is 5.31. The van der Waals surface area contributed by atoms with Crippen LogP contribution in [0, 0.1) is 10.1 Å². The molecule has 27 heavy (non-hydrogen) atoms. The van der Waals surface area contributed by atoms with E-state index in [4.69, 9.17) is 10.5 Å². The smallest absolute Gasteiger partial charge is 0.341 e. The summed E-state index contributed by atoms with van der Waals surface area (Å²) in [6.45, 7) is -0.613. The third kappa shape index (κ3) is 5.01. The maximum Gasteiger partial charge on any atom is 0.341 e. The van der Waals surface area contributed by atoms with Crippen molar-refractivity contribution in [2.75, 3.05) is 24.7 Å². The molecule has 0 aromatic heterocycles. The fourth-order valence-electron chi connectivity index (χ4n) is 2.09. The summed E-state index contributed by atoms with van der Waals surface area (Å²) in [5.74, 6) is -1.85. The number of hydrogen-bond acceptors (Lipinski definition) is 7. The summed E-state index contributed by atoms with van der Waals surface area (Å²) in [5, 5.41) is 15.7. The molecule has 0 aliphatic carbocycles. The Morgan fingerprint density at radius 2 is 1.81 bits per heavy atom. The molecule has 10 heteroatoms. The van der Waals surface area contributed by atoms with E-state index in [0.717, 1.165) is 12.1 Å². The van der Waals surface area contributed by atoms with E-state index in [1.54, 1.807) is 0 Å². The lowest BCUT2D eigenvalue weighted by molar-refractivity contribution is -0.384. The number of non-ortho nitro benzene ring substituents is 1. The van der Waals surface area contributed by atoms with Crippen LogP contribution in [0.5, 0.6) is 0 Å². The predicted octanol–water partition coefficient (Wildman–Crippen LogP) is 1.33. The number of amides is 2. The molecule has 0 bridgehead atoms. The van der Waals surface area contributed by atoms with Gasteiger partial charge in [0.15, 0.2) is 6.61 Å². The second-order valence-electron chi connectivity index (χ2n) is 5.31. The number of nitrogens with zero attached hydrogens (tertiary/aromatic N) is 1. The average Bonchev–Trinajstić information content (AvgIpc) is 2.66. The molecule has 0 heterocycles. The topological polar surface area (TPSA) is 154 Å². The minimum atomic E-state index is -0.957. The van der Waals surface area contributed by atoms with Gasteiger partial charge in [0.2, 0.25) is 0 Å². The van der Waals surface area contributed by atoms with E-state index in [-0.39, 0.29) is 22.8 Å². The van der Waals surface area contributed by atoms with Gasteiger partial charge in [-0.2, -0.15) is 0 Å². The molecule has 0 saturated heterocycles. The Morgan fingerprint density at radius 3 is 2.41 bits per heavy atom. The lowest BCUT2D eigenvalue weighted by Gasteiger charge is -2.08. The Labute approximate surface area is 153 Å². The van der Waals surface area contributed by atoms with Crippen LogP contribution in [-0.2, 0) is 9.53 Å². The van der Waals surface area contributed by atoms with Gasteiger partial charge in [-0.15, -0.1) is 0 Å². The summed E-state index contributed by atoms with van der Waals surface area (Å²) in [5.41, 5.74) is 5.91. The number of carbonyl (C=O) groups is 3. The number of nitrogen functional groups attached to an aromatic ring is 1. The molecule has 10 nitrogen and oxygen atoms in total. The molecule has 0 unspecified atom stereocenters. The highest BCUT2D eigenvalue weighted by molar-refractivity contribution is 5.99. The van der Waals surface area contributed by atoms with Gasteiger partial charge in [-0.05, 0) is 30.3 Å². The Hall–Kier alpha value is -3.95. The van der Waals surface area contributed by atoms with Gasteiger partial charge in [0.1, 0.15) is 0 Å². The van der Waals surface area contributed by atoms with Crippen molar-refractivity contribution < 1.29 is 24.0 Å². The number of hydrogen-bond donors (Lipinski definition) is 3. The van der Waals surface area contributed by atoms with E-state index in [1.165, 1.54) is 37.4 Å². The predicted molar refractivity (Wildman–Crippen MR) is 96.3 cm³/mol. The largest absolute Gasteiger partial charge is 0.452 e. The van der Waals surface area contributed by atoms with Crippen molar-refractivity contribution in [3.8, 4) is 0 Å². The highest BCUT2D eigenvalue weighted by Crippen LogP contribution is 2.20. The zero-order chi connectivity index (χ0) is 20.0. The van der Waals surface area contributed by atoms with Crippen LogP contribution < -0.4 is 16.4 Å². The molecule has 0 spiro atoms. The standard InChI is InChI=1S/C17H16N4O6/c1-19-16(23)10-2-4-11(5-3-10)20-15(22)9-27-17(24)13-8-12(21(25)26)6-7-14(13)18/h2-8H,9,18H2,1H3,(H,19,23)(H,20,22). The molecule has 2 aromatic rings. The first kappa shape index (κ1) is 19.4. The van der Waals surface area contributed by atoms with E-state index in [1.807, 2.05) is 0 Å². The van der Waals surface area contributed by atoms with Crippen LogP contribution in [-0.4, -0.2) is 36.4 Å². The molecular weight excluding hydrogens is 356 g/mol. The second kappa shape index (κ2) is 8.43. The van der Waals surface area contributed by atoms with Crippen LogP contribution in [0.1, 0.15) is 20.7 Å². The molecule has 140 valence electrons. The number of nitro benzene ring substituents is 1. The normalized spacial score (nSPS) is 9.96. The molecule has 4 N–H and O–H groups in total. The monoisotopic (exact) mass is 372 g/mol. The lowest BCUT2D eigenvalue weighted by Crippen LogP contribution is -2.21. The summed E-state index contributed by atoms with van der Waals surface area (Å²) in [4.78, 5) is 45.4. The number of benzene rings is 2. The fourth-order valence-corrected chi connectivity index (χ4v) is 2.09.